The third-order valence-corrected chi connectivity index (χ3v) is 2.98. The molecule has 1 heterocycles. The molecule has 0 aliphatic heterocycles. The minimum absolute atomic E-state index is 0.0594. The van der Waals surface area contributed by atoms with Crippen LogP contribution < -0.4 is 4.74 Å². The van der Waals surface area contributed by atoms with E-state index in [-0.39, 0.29) is 6.61 Å². The summed E-state index contributed by atoms with van der Waals surface area (Å²) in [7, 11) is 0. The van der Waals surface area contributed by atoms with Crippen molar-refractivity contribution < 1.29 is 9.84 Å². The number of aliphatic hydroxyl groups excluding tert-OH is 1. The third-order valence-electron chi connectivity index (χ3n) is 2.48. The van der Waals surface area contributed by atoms with Crippen LogP contribution in [0.15, 0.2) is 47.1 Å². The summed E-state index contributed by atoms with van der Waals surface area (Å²) in [6.45, 7) is 1.37. The molecule has 2 aromatic rings. The lowest BCUT2D eigenvalue weighted by molar-refractivity contribution is 0.259. The van der Waals surface area contributed by atoms with Gasteiger partial charge in [-0.3, -0.25) is 0 Å². The minimum atomic E-state index is 0.0594. The molecule has 1 N–H and O–H groups in total. The average Bonchev–Trinajstić information content (AvgIpc) is 2.77. The molecule has 2 rings (SSSR count). The Morgan fingerprint density at radius 2 is 2.12 bits per heavy atom. The van der Waals surface area contributed by atoms with Gasteiger partial charge in [0.2, 0.25) is 0 Å². The maximum absolute atomic E-state index is 9.09. The number of hydrogen-bond donors (Lipinski definition) is 1. The normalized spacial score (nSPS) is 10.5. The maximum atomic E-state index is 9.09. The molecular weight excluding hydrogens is 282 g/mol. The summed E-state index contributed by atoms with van der Waals surface area (Å²) in [6, 6.07) is 11.6. The number of rotatable bonds is 5. The Hall–Kier alpha value is -1.26. The van der Waals surface area contributed by atoms with Crippen LogP contribution in [0.3, 0.4) is 0 Å². The van der Waals surface area contributed by atoms with Crippen molar-refractivity contribution in [3.63, 3.8) is 0 Å². The van der Waals surface area contributed by atoms with Gasteiger partial charge in [0, 0.05) is 16.4 Å². The van der Waals surface area contributed by atoms with E-state index in [1.807, 2.05) is 47.2 Å². The van der Waals surface area contributed by atoms with Gasteiger partial charge < -0.3 is 14.4 Å². The van der Waals surface area contributed by atoms with E-state index in [2.05, 4.69) is 15.9 Å². The Morgan fingerprint density at radius 1 is 1.24 bits per heavy atom. The Kier molecular flexibility index (Phi) is 4.23. The van der Waals surface area contributed by atoms with Crippen molar-refractivity contribution in [2.75, 3.05) is 6.61 Å². The van der Waals surface area contributed by atoms with Crippen LogP contribution in [-0.2, 0) is 13.2 Å². The molecular formula is C13H14BrNO2. The van der Waals surface area contributed by atoms with Crippen LogP contribution in [0.1, 0.15) is 5.69 Å². The van der Waals surface area contributed by atoms with E-state index in [0.29, 0.717) is 6.61 Å². The second-order valence-electron chi connectivity index (χ2n) is 3.66. The van der Waals surface area contributed by atoms with E-state index < -0.39 is 0 Å². The van der Waals surface area contributed by atoms with E-state index in [0.717, 1.165) is 22.5 Å². The molecule has 0 fully saturated rings. The second kappa shape index (κ2) is 5.89. The van der Waals surface area contributed by atoms with Crippen LogP contribution in [0.25, 0.3) is 0 Å². The molecule has 0 aliphatic rings. The first-order valence-electron chi connectivity index (χ1n) is 5.43. The van der Waals surface area contributed by atoms with Gasteiger partial charge in [0.15, 0.2) is 0 Å². The SMILES string of the molecule is OCc1cccn1CCOc1cccc(Br)c1. The van der Waals surface area contributed by atoms with Crippen molar-refractivity contribution in [2.45, 2.75) is 13.2 Å². The molecule has 0 radical (unpaired) electrons. The van der Waals surface area contributed by atoms with Crippen molar-refractivity contribution in [2.24, 2.45) is 0 Å². The van der Waals surface area contributed by atoms with Gasteiger partial charge in [-0.15, -0.1) is 0 Å². The lowest BCUT2D eigenvalue weighted by atomic mass is 10.3. The highest BCUT2D eigenvalue weighted by Crippen LogP contribution is 2.17. The van der Waals surface area contributed by atoms with Crippen molar-refractivity contribution >= 4 is 15.9 Å². The highest BCUT2D eigenvalue weighted by molar-refractivity contribution is 9.10. The van der Waals surface area contributed by atoms with Crippen molar-refractivity contribution in [1.29, 1.82) is 0 Å². The molecule has 90 valence electrons. The predicted molar refractivity (Wildman–Crippen MR) is 70.0 cm³/mol. The Balaban J connectivity index is 1.87. The van der Waals surface area contributed by atoms with E-state index >= 15 is 0 Å². The zero-order valence-corrected chi connectivity index (χ0v) is 10.9. The van der Waals surface area contributed by atoms with Crippen LogP contribution in [0.2, 0.25) is 0 Å². The van der Waals surface area contributed by atoms with Crippen molar-refractivity contribution in [3.05, 3.63) is 52.8 Å². The van der Waals surface area contributed by atoms with Gasteiger partial charge in [0.05, 0.1) is 13.2 Å². The molecule has 0 spiro atoms. The standard InChI is InChI=1S/C13H14BrNO2/c14-11-3-1-5-13(9-11)17-8-7-15-6-2-4-12(15)10-16/h1-6,9,16H,7-8,10H2. The maximum Gasteiger partial charge on any atom is 0.120 e. The summed E-state index contributed by atoms with van der Waals surface area (Å²) in [5, 5.41) is 9.09. The first kappa shape index (κ1) is 12.2. The number of benzene rings is 1. The molecule has 17 heavy (non-hydrogen) atoms. The van der Waals surface area contributed by atoms with Gasteiger partial charge in [-0.05, 0) is 30.3 Å². The molecule has 0 saturated carbocycles. The summed E-state index contributed by atoms with van der Waals surface area (Å²) in [4.78, 5) is 0. The van der Waals surface area contributed by atoms with Crippen molar-refractivity contribution in [3.8, 4) is 5.75 Å². The molecule has 3 nitrogen and oxygen atoms in total. The average molecular weight is 296 g/mol. The number of nitrogens with zero attached hydrogens (tertiary/aromatic N) is 1. The topological polar surface area (TPSA) is 34.4 Å². The minimum Gasteiger partial charge on any atom is -0.492 e. The third kappa shape index (κ3) is 3.35. The number of hydrogen-bond acceptors (Lipinski definition) is 2. The van der Waals surface area contributed by atoms with E-state index in [9.17, 15) is 0 Å². The van der Waals surface area contributed by atoms with Crippen molar-refractivity contribution in [1.82, 2.24) is 4.57 Å². The summed E-state index contributed by atoms with van der Waals surface area (Å²) < 4.78 is 8.62. The monoisotopic (exact) mass is 295 g/mol. The summed E-state index contributed by atoms with van der Waals surface area (Å²) >= 11 is 3.40. The number of aliphatic hydroxyl groups is 1. The smallest absolute Gasteiger partial charge is 0.120 e. The van der Waals surface area contributed by atoms with Gasteiger partial charge in [-0.1, -0.05) is 22.0 Å². The quantitative estimate of drug-likeness (QED) is 0.920. The Morgan fingerprint density at radius 3 is 2.88 bits per heavy atom. The number of halogens is 1. The fourth-order valence-corrected chi connectivity index (χ4v) is 2.01. The zero-order chi connectivity index (χ0) is 12.1. The Labute approximate surface area is 109 Å². The summed E-state index contributed by atoms with van der Waals surface area (Å²) in [5.74, 6) is 0.845. The first-order chi connectivity index (χ1) is 8.29. The highest BCUT2D eigenvalue weighted by atomic mass is 79.9. The molecule has 0 aliphatic carbocycles. The molecule has 0 saturated heterocycles. The van der Waals surface area contributed by atoms with E-state index in [1.54, 1.807) is 0 Å². The lowest BCUT2D eigenvalue weighted by Crippen LogP contribution is -2.09. The molecule has 0 bridgehead atoms. The van der Waals surface area contributed by atoms with Gasteiger partial charge in [0.25, 0.3) is 0 Å². The summed E-state index contributed by atoms with van der Waals surface area (Å²) in [6.07, 6.45) is 1.94. The van der Waals surface area contributed by atoms with E-state index in [1.165, 1.54) is 0 Å². The fourth-order valence-electron chi connectivity index (χ4n) is 1.63. The Bertz CT molecular complexity index is 482. The van der Waals surface area contributed by atoms with Crippen LogP contribution in [-0.4, -0.2) is 16.3 Å². The first-order valence-corrected chi connectivity index (χ1v) is 6.22. The fraction of sp³-hybridized carbons (Fsp3) is 0.231. The van der Waals surface area contributed by atoms with Crippen LogP contribution in [0.4, 0.5) is 0 Å². The number of aromatic nitrogens is 1. The molecule has 0 atom stereocenters. The van der Waals surface area contributed by atoms with Crippen LogP contribution >= 0.6 is 15.9 Å². The molecule has 4 heteroatoms. The van der Waals surface area contributed by atoms with Gasteiger partial charge in [-0.25, -0.2) is 0 Å². The zero-order valence-electron chi connectivity index (χ0n) is 9.34. The van der Waals surface area contributed by atoms with Gasteiger partial charge >= 0.3 is 0 Å². The van der Waals surface area contributed by atoms with Gasteiger partial charge in [-0.2, -0.15) is 0 Å². The second-order valence-corrected chi connectivity index (χ2v) is 4.57. The highest BCUT2D eigenvalue weighted by Gasteiger charge is 1.99. The van der Waals surface area contributed by atoms with Crippen LogP contribution in [0, 0.1) is 0 Å². The van der Waals surface area contributed by atoms with Gasteiger partial charge in [0.1, 0.15) is 12.4 Å². The van der Waals surface area contributed by atoms with Crippen LogP contribution in [0.5, 0.6) is 5.75 Å². The summed E-state index contributed by atoms with van der Waals surface area (Å²) in [5.41, 5.74) is 0.905. The lowest BCUT2D eigenvalue weighted by Gasteiger charge is -2.09. The number of ether oxygens (including phenoxy) is 1. The molecule has 1 aromatic heterocycles. The predicted octanol–water partition coefficient (Wildman–Crippen LogP) is 2.82. The van der Waals surface area contributed by atoms with E-state index in [4.69, 9.17) is 9.84 Å². The molecule has 0 amide bonds. The molecule has 1 aromatic carbocycles. The largest absolute Gasteiger partial charge is 0.492 e. The molecule has 0 unspecified atom stereocenters.